The van der Waals surface area contributed by atoms with E-state index in [4.69, 9.17) is 21.7 Å². The summed E-state index contributed by atoms with van der Waals surface area (Å²) in [6.07, 6.45) is 3.78. The van der Waals surface area contributed by atoms with Crippen LogP contribution in [0.1, 0.15) is 42.4 Å². The van der Waals surface area contributed by atoms with Crippen molar-refractivity contribution in [2.24, 2.45) is 7.05 Å². The van der Waals surface area contributed by atoms with Crippen molar-refractivity contribution in [2.75, 3.05) is 32.8 Å². The number of nitrogens with zero attached hydrogens (tertiary/aromatic N) is 3. The van der Waals surface area contributed by atoms with E-state index in [1.165, 1.54) is 0 Å². The van der Waals surface area contributed by atoms with Crippen LogP contribution in [-0.2, 0) is 18.3 Å². The van der Waals surface area contributed by atoms with Gasteiger partial charge in [-0.3, -0.25) is 14.7 Å². The monoisotopic (exact) mass is 447 g/mol. The van der Waals surface area contributed by atoms with Gasteiger partial charge in [-0.1, -0.05) is 0 Å². The topological polar surface area (TPSA) is 101 Å². The largest absolute Gasteiger partial charge is 0.490 e. The summed E-state index contributed by atoms with van der Waals surface area (Å²) in [4.78, 5) is 26.7. The highest BCUT2D eigenvalue weighted by atomic mass is 32.1. The smallest absolute Gasteiger partial charge is 0.260 e. The van der Waals surface area contributed by atoms with Gasteiger partial charge in [-0.05, 0) is 56.6 Å². The van der Waals surface area contributed by atoms with Crippen LogP contribution in [0.3, 0.4) is 0 Å². The average Bonchev–Trinajstić information content (AvgIpc) is 3.11. The van der Waals surface area contributed by atoms with Crippen molar-refractivity contribution in [2.45, 2.75) is 32.6 Å². The minimum Gasteiger partial charge on any atom is -0.490 e. The Bertz CT molecular complexity index is 965. The van der Waals surface area contributed by atoms with Crippen molar-refractivity contribution in [3.63, 3.8) is 0 Å². The van der Waals surface area contributed by atoms with E-state index in [0.717, 1.165) is 38.2 Å². The fraction of sp³-hybridized carbons (Fsp3) is 0.524. The molecule has 0 spiro atoms. The van der Waals surface area contributed by atoms with Crippen molar-refractivity contribution in [3.05, 3.63) is 34.4 Å². The molecular formula is C21H29N5O4S. The van der Waals surface area contributed by atoms with E-state index in [1.807, 2.05) is 18.9 Å². The fourth-order valence-corrected chi connectivity index (χ4v) is 3.56. The van der Waals surface area contributed by atoms with Crippen LogP contribution in [0.25, 0.3) is 0 Å². The first-order valence-electron chi connectivity index (χ1n) is 10.6. The lowest BCUT2D eigenvalue weighted by atomic mass is 10.1. The standard InChI is InChI=1S/C21H29N5O4S/c1-3-29-17-13-15(20(28)22-10-9-18-23-24-21(31)25(18)2)7-8-16(17)30-14-19(27)26-11-5-4-6-12-26/h7-8,13H,3-6,9-12,14H2,1-2H3,(H,22,28)(H,24,31). The lowest BCUT2D eigenvalue weighted by molar-refractivity contribution is -0.134. The van der Waals surface area contributed by atoms with Crippen molar-refractivity contribution in [1.82, 2.24) is 25.0 Å². The summed E-state index contributed by atoms with van der Waals surface area (Å²) in [7, 11) is 1.83. The molecule has 2 amide bonds. The minimum absolute atomic E-state index is 0.0299. The van der Waals surface area contributed by atoms with Gasteiger partial charge >= 0.3 is 0 Å². The fourth-order valence-electron chi connectivity index (χ4n) is 3.40. The predicted molar refractivity (Wildman–Crippen MR) is 118 cm³/mol. The van der Waals surface area contributed by atoms with Crippen LogP contribution in [0.15, 0.2) is 18.2 Å². The molecule has 168 valence electrons. The first-order valence-corrected chi connectivity index (χ1v) is 11.0. The number of hydrogen-bond donors (Lipinski definition) is 2. The summed E-state index contributed by atoms with van der Waals surface area (Å²) in [5.74, 6) is 1.40. The number of rotatable bonds is 9. The Morgan fingerprint density at radius 1 is 1.19 bits per heavy atom. The van der Waals surface area contributed by atoms with Crippen molar-refractivity contribution < 1.29 is 19.1 Å². The number of aromatic nitrogens is 3. The lowest BCUT2D eigenvalue weighted by Gasteiger charge is -2.26. The number of carbonyl (C=O) groups excluding carboxylic acids is 2. The molecule has 1 aliphatic heterocycles. The Morgan fingerprint density at radius 3 is 2.65 bits per heavy atom. The van der Waals surface area contributed by atoms with Crippen LogP contribution in [0, 0.1) is 4.77 Å². The molecule has 0 unspecified atom stereocenters. The van der Waals surface area contributed by atoms with Gasteiger partial charge in [-0.25, -0.2) is 0 Å². The molecular weight excluding hydrogens is 418 g/mol. The summed E-state index contributed by atoms with van der Waals surface area (Å²) in [6.45, 7) is 4.21. The van der Waals surface area contributed by atoms with Crippen LogP contribution in [0.2, 0.25) is 0 Å². The third-order valence-corrected chi connectivity index (χ3v) is 5.54. The van der Waals surface area contributed by atoms with Gasteiger partial charge in [-0.15, -0.1) is 0 Å². The number of carbonyl (C=O) groups is 2. The van der Waals surface area contributed by atoms with Crippen LogP contribution in [0.4, 0.5) is 0 Å². The summed E-state index contributed by atoms with van der Waals surface area (Å²) in [5.41, 5.74) is 0.452. The molecule has 1 aliphatic rings. The Kier molecular flexibility index (Phi) is 8.05. The molecule has 0 saturated carbocycles. The number of hydrogen-bond acceptors (Lipinski definition) is 6. The first-order chi connectivity index (χ1) is 15.0. The number of aromatic amines is 1. The molecule has 0 atom stereocenters. The third-order valence-electron chi connectivity index (χ3n) is 5.17. The Hall–Kier alpha value is -2.88. The molecule has 9 nitrogen and oxygen atoms in total. The summed E-state index contributed by atoms with van der Waals surface area (Å²) < 4.78 is 13.7. The van der Waals surface area contributed by atoms with Gasteiger partial charge in [-0.2, -0.15) is 5.10 Å². The van der Waals surface area contributed by atoms with E-state index >= 15 is 0 Å². The summed E-state index contributed by atoms with van der Waals surface area (Å²) >= 11 is 5.09. The van der Waals surface area contributed by atoms with E-state index in [2.05, 4.69) is 15.5 Å². The van der Waals surface area contributed by atoms with Gasteiger partial charge in [0.25, 0.3) is 11.8 Å². The zero-order chi connectivity index (χ0) is 22.2. The van der Waals surface area contributed by atoms with Crippen molar-refractivity contribution in [1.29, 1.82) is 0 Å². The summed E-state index contributed by atoms with van der Waals surface area (Å²) in [6, 6.07) is 4.96. The number of piperidine rings is 1. The highest BCUT2D eigenvalue weighted by Crippen LogP contribution is 2.28. The quantitative estimate of drug-likeness (QED) is 0.572. The van der Waals surface area contributed by atoms with Gasteiger partial charge in [0, 0.05) is 38.7 Å². The van der Waals surface area contributed by atoms with E-state index in [0.29, 0.717) is 41.4 Å². The molecule has 1 saturated heterocycles. The van der Waals surface area contributed by atoms with Crippen LogP contribution in [0.5, 0.6) is 11.5 Å². The molecule has 0 aliphatic carbocycles. The first kappa shape index (κ1) is 22.8. The Morgan fingerprint density at radius 2 is 1.97 bits per heavy atom. The number of benzene rings is 1. The molecule has 31 heavy (non-hydrogen) atoms. The van der Waals surface area contributed by atoms with Crippen molar-refractivity contribution >= 4 is 24.0 Å². The van der Waals surface area contributed by atoms with Crippen LogP contribution < -0.4 is 14.8 Å². The molecule has 10 heteroatoms. The SMILES string of the molecule is CCOc1cc(C(=O)NCCc2n[nH]c(=S)n2C)ccc1OCC(=O)N1CCCCC1. The highest BCUT2D eigenvalue weighted by Gasteiger charge is 2.18. The van der Waals surface area contributed by atoms with E-state index < -0.39 is 0 Å². The maximum atomic E-state index is 12.5. The second kappa shape index (κ2) is 10.9. The Balaban J connectivity index is 1.57. The number of likely N-dealkylation sites (tertiary alicyclic amines) is 1. The van der Waals surface area contributed by atoms with Gasteiger partial charge < -0.3 is 24.3 Å². The van der Waals surface area contributed by atoms with Crippen molar-refractivity contribution in [3.8, 4) is 11.5 Å². The van der Waals surface area contributed by atoms with E-state index in [-0.39, 0.29) is 18.4 Å². The zero-order valence-electron chi connectivity index (χ0n) is 18.0. The molecule has 3 rings (SSSR count). The van der Waals surface area contributed by atoms with E-state index in [1.54, 1.807) is 22.8 Å². The molecule has 2 aromatic rings. The van der Waals surface area contributed by atoms with E-state index in [9.17, 15) is 9.59 Å². The number of nitrogens with one attached hydrogen (secondary N) is 2. The molecule has 1 aromatic carbocycles. The maximum absolute atomic E-state index is 12.5. The molecule has 0 radical (unpaired) electrons. The maximum Gasteiger partial charge on any atom is 0.260 e. The predicted octanol–water partition coefficient (Wildman–Crippen LogP) is 2.24. The summed E-state index contributed by atoms with van der Waals surface area (Å²) in [5, 5.41) is 9.72. The molecule has 2 N–H and O–H groups in total. The molecule has 1 aromatic heterocycles. The number of amides is 2. The molecule has 2 heterocycles. The number of H-pyrrole nitrogens is 1. The van der Waals surface area contributed by atoms with Gasteiger partial charge in [0.2, 0.25) is 0 Å². The normalized spacial score (nSPS) is 13.7. The highest BCUT2D eigenvalue weighted by molar-refractivity contribution is 7.71. The minimum atomic E-state index is -0.228. The molecule has 0 bridgehead atoms. The zero-order valence-corrected chi connectivity index (χ0v) is 18.8. The second-order valence-corrected chi connectivity index (χ2v) is 7.72. The third kappa shape index (κ3) is 6.06. The van der Waals surface area contributed by atoms with Crippen LogP contribution in [-0.4, -0.2) is 64.3 Å². The van der Waals surface area contributed by atoms with Gasteiger partial charge in [0.15, 0.2) is 22.9 Å². The Labute approximate surface area is 186 Å². The average molecular weight is 448 g/mol. The number of ether oxygens (including phenoxy) is 2. The molecule has 1 fully saturated rings. The second-order valence-electron chi connectivity index (χ2n) is 7.33. The lowest BCUT2D eigenvalue weighted by Crippen LogP contribution is -2.38. The van der Waals surface area contributed by atoms with Gasteiger partial charge in [0.05, 0.1) is 6.61 Å². The van der Waals surface area contributed by atoms with Crippen LogP contribution >= 0.6 is 12.2 Å². The van der Waals surface area contributed by atoms with Gasteiger partial charge in [0.1, 0.15) is 5.82 Å².